The monoisotopic (exact) mass is 208 g/mol. The summed E-state index contributed by atoms with van der Waals surface area (Å²) in [5.41, 5.74) is 0.123. The first kappa shape index (κ1) is 14.0. The van der Waals surface area contributed by atoms with Crippen molar-refractivity contribution in [2.45, 2.75) is 34.6 Å². The minimum atomic E-state index is -0.0280. The highest BCUT2D eigenvalue weighted by Gasteiger charge is 2.31. The van der Waals surface area contributed by atoms with E-state index in [0.29, 0.717) is 0 Å². The lowest BCUT2D eigenvalue weighted by molar-refractivity contribution is 0.227. The van der Waals surface area contributed by atoms with Crippen LogP contribution in [-0.4, -0.2) is 7.11 Å². The summed E-state index contributed by atoms with van der Waals surface area (Å²) in [7, 11) is 1.68. The summed E-state index contributed by atoms with van der Waals surface area (Å²) >= 11 is 0. The molecule has 0 aromatic carbocycles. The molecule has 0 bridgehead atoms. The second-order valence-electron chi connectivity index (χ2n) is 4.97. The van der Waals surface area contributed by atoms with Crippen LogP contribution in [-0.2, 0) is 4.74 Å². The Hall–Kier alpha value is -0.980. The molecule has 0 fully saturated rings. The van der Waals surface area contributed by atoms with E-state index < -0.39 is 0 Å². The first-order valence-corrected chi connectivity index (χ1v) is 5.34. The number of methoxy groups -OCH3 is 1. The highest BCUT2D eigenvalue weighted by molar-refractivity contribution is 5.20. The van der Waals surface area contributed by atoms with Gasteiger partial charge in [-0.05, 0) is 24.5 Å². The van der Waals surface area contributed by atoms with Crippen molar-refractivity contribution >= 4 is 0 Å². The number of ether oxygens (including phenoxy) is 1. The van der Waals surface area contributed by atoms with Crippen LogP contribution in [0.25, 0.3) is 0 Å². The molecule has 1 unspecified atom stereocenters. The van der Waals surface area contributed by atoms with Crippen molar-refractivity contribution in [3.05, 3.63) is 36.6 Å². The number of allylic oxidation sites excluding steroid dienone is 4. The molecule has 0 aromatic heterocycles. The Bertz CT molecular complexity index is 266. The van der Waals surface area contributed by atoms with Gasteiger partial charge < -0.3 is 4.74 Å². The van der Waals surface area contributed by atoms with E-state index in [1.807, 2.05) is 25.2 Å². The van der Waals surface area contributed by atoms with E-state index in [1.165, 1.54) is 0 Å². The molecule has 0 saturated carbocycles. The van der Waals surface area contributed by atoms with Gasteiger partial charge >= 0.3 is 0 Å². The molecule has 0 radical (unpaired) electrons. The van der Waals surface area contributed by atoms with Crippen molar-refractivity contribution in [3.8, 4) is 0 Å². The van der Waals surface area contributed by atoms with Gasteiger partial charge in [0.15, 0.2) is 0 Å². The highest BCUT2D eigenvalue weighted by atomic mass is 16.5. The molecular weight excluding hydrogens is 184 g/mol. The van der Waals surface area contributed by atoms with Gasteiger partial charge in [0.25, 0.3) is 0 Å². The van der Waals surface area contributed by atoms with Crippen molar-refractivity contribution in [1.82, 2.24) is 0 Å². The zero-order valence-corrected chi connectivity index (χ0v) is 10.9. The highest BCUT2D eigenvalue weighted by Crippen LogP contribution is 2.40. The largest absolute Gasteiger partial charge is 0.497 e. The molecule has 0 rings (SSSR count). The molecule has 0 aromatic rings. The lowest BCUT2D eigenvalue weighted by atomic mass is 9.68. The minimum absolute atomic E-state index is 0.0280. The van der Waals surface area contributed by atoms with E-state index in [1.54, 1.807) is 7.11 Å². The molecule has 1 nitrogen and oxygen atoms in total. The summed E-state index contributed by atoms with van der Waals surface area (Å²) in [4.78, 5) is 0. The Morgan fingerprint density at radius 1 is 1.20 bits per heavy atom. The molecule has 0 saturated heterocycles. The number of hydrogen-bond acceptors (Lipinski definition) is 1. The van der Waals surface area contributed by atoms with Crippen LogP contribution in [0.1, 0.15) is 34.6 Å². The maximum atomic E-state index is 5.19. The predicted octanol–water partition coefficient (Wildman–Crippen LogP) is 4.33. The Kier molecular flexibility index (Phi) is 4.86. The molecule has 86 valence electrons. The van der Waals surface area contributed by atoms with Crippen LogP contribution in [0, 0.1) is 10.8 Å². The van der Waals surface area contributed by atoms with Gasteiger partial charge in [0.05, 0.1) is 7.11 Å². The minimum Gasteiger partial charge on any atom is -0.497 e. The van der Waals surface area contributed by atoms with Crippen molar-refractivity contribution < 1.29 is 4.74 Å². The van der Waals surface area contributed by atoms with Crippen LogP contribution in [0.3, 0.4) is 0 Å². The van der Waals surface area contributed by atoms with E-state index in [9.17, 15) is 0 Å². The van der Waals surface area contributed by atoms with E-state index in [-0.39, 0.29) is 10.8 Å². The Morgan fingerprint density at radius 2 is 1.73 bits per heavy atom. The third-order valence-corrected chi connectivity index (χ3v) is 3.15. The van der Waals surface area contributed by atoms with Gasteiger partial charge in [-0.3, -0.25) is 0 Å². The zero-order valence-electron chi connectivity index (χ0n) is 10.9. The Morgan fingerprint density at radius 3 is 2.00 bits per heavy atom. The average Bonchev–Trinajstić information content (AvgIpc) is 2.17. The molecule has 0 heterocycles. The van der Waals surface area contributed by atoms with Crippen LogP contribution in [0.2, 0.25) is 0 Å². The van der Waals surface area contributed by atoms with E-state index in [0.717, 1.165) is 5.76 Å². The van der Waals surface area contributed by atoms with Crippen molar-refractivity contribution in [2.24, 2.45) is 10.8 Å². The molecule has 1 atom stereocenters. The summed E-state index contributed by atoms with van der Waals surface area (Å²) in [5, 5.41) is 0. The first-order chi connectivity index (χ1) is 6.80. The van der Waals surface area contributed by atoms with E-state index in [2.05, 4.69) is 40.3 Å². The lowest BCUT2D eigenvalue weighted by Crippen LogP contribution is -2.28. The van der Waals surface area contributed by atoms with Gasteiger partial charge in [-0.1, -0.05) is 39.8 Å². The normalized spacial score (nSPS) is 17.6. The topological polar surface area (TPSA) is 9.23 Å². The molecule has 1 heteroatoms. The summed E-state index contributed by atoms with van der Waals surface area (Å²) in [5.74, 6) is 0.882. The molecule has 15 heavy (non-hydrogen) atoms. The van der Waals surface area contributed by atoms with E-state index >= 15 is 0 Å². The molecule has 0 amide bonds. The van der Waals surface area contributed by atoms with Gasteiger partial charge in [-0.25, -0.2) is 0 Å². The Balaban J connectivity index is 4.96. The standard InChI is InChI=1S/C14H24O/c1-8-12(15-7)10-11-14(6,9-2)13(3,4)5/h8-11H,2H2,1,3-7H3/b11-10-,12-8+. The third kappa shape index (κ3) is 3.58. The van der Waals surface area contributed by atoms with E-state index in [4.69, 9.17) is 4.74 Å². The zero-order chi connectivity index (χ0) is 12.1. The second kappa shape index (κ2) is 5.20. The van der Waals surface area contributed by atoms with Crippen molar-refractivity contribution in [1.29, 1.82) is 0 Å². The smallest absolute Gasteiger partial charge is 0.114 e. The second-order valence-corrected chi connectivity index (χ2v) is 4.97. The number of hydrogen-bond donors (Lipinski definition) is 0. The van der Waals surface area contributed by atoms with Crippen LogP contribution in [0.4, 0.5) is 0 Å². The van der Waals surface area contributed by atoms with Crippen molar-refractivity contribution in [3.63, 3.8) is 0 Å². The molecule has 0 aliphatic carbocycles. The fourth-order valence-electron chi connectivity index (χ4n) is 1.16. The van der Waals surface area contributed by atoms with Gasteiger partial charge in [0.1, 0.15) is 5.76 Å². The molecule has 0 spiro atoms. The lowest BCUT2D eigenvalue weighted by Gasteiger charge is -2.37. The van der Waals surface area contributed by atoms with Gasteiger partial charge in [-0.15, -0.1) is 6.58 Å². The summed E-state index contributed by atoms with van der Waals surface area (Å²) in [6.07, 6.45) is 8.10. The van der Waals surface area contributed by atoms with Crippen LogP contribution in [0.15, 0.2) is 36.6 Å². The fourth-order valence-corrected chi connectivity index (χ4v) is 1.16. The maximum absolute atomic E-state index is 5.19. The van der Waals surface area contributed by atoms with Crippen LogP contribution >= 0.6 is 0 Å². The third-order valence-electron chi connectivity index (χ3n) is 3.15. The van der Waals surface area contributed by atoms with Crippen LogP contribution in [0.5, 0.6) is 0 Å². The SMILES string of the molecule is C=CC(C)(/C=C\C(=C/C)OC)C(C)(C)C. The summed E-state index contributed by atoms with van der Waals surface area (Å²) in [6.45, 7) is 14.7. The average molecular weight is 208 g/mol. The maximum Gasteiger partial charge on any atom is 0.114 e. The van der Waals surface area contributed by atoms with Gasteiger partial charge in [0, 0.05) is 5.41 Å². The van der Waals surface area contributed by atoms with Gasteiger partial charge in [-0.2, -0.15) is 0 Å². The number of rotatable bonds is 4. The molecule has 0 aliphatic rings. The predicted molar refractivity (Wildman–Crippen MR) is 67.7 cm³/mol. The molecule has 0 N–H and O–H groups in total. The summed E-state index contributed by atoms with van der Waals surface area (Å²) < 4.78 is 5.19. The van der Waals surface area contributed by atoms with Crippen molar-refractivity contribution in [2.75, 3.05) is 7.11 Å². The molecule has 0 aliphatic heterocycles. The Labute approximate surface area is 94.5 Å². The van der Waals surface area contributed by atoms with Gasteiger partial charge in [0.2, 0.25) is 0 Å². The summed E-state index contributed by atoms with van der Waals surface area (Å²) in [6, 6.07) is 0. The van der Waals surface area contributed by atoms with Crippen LogP contribution < -0.4 is 0 Å². The molecular formula is C14H24O. The first-order valence-electron chi connectivity index (χ1n) is 5.34. The fraction of sp³-hybridized carbons (Fsp3) is 0.571. The quantitative estimate of drug-likeness (QED) is 0.379.